The minimum absolute atomic E-state index is 0.435. The molecular weight excluding hydrogens is 344 g/mol. The third kappa shape index (κ3) is 7.69. The van der Waals surface area contributed by atoms with E-state index in [1.54, 1.807) is 0 Å². The second-order valence-corrected chi connectivity index (χ2v) is 10.3. The Labute approximate surface area is 175 Å². The van der Waals surface area contributed by atoms with Gasteiger partial charge in [-0.1, -0.05) is 66.2 Å². The molecule has 2 heterocycles. The van der Waals surface area contributed by atoms with Crippen LogP contribution in [0.5, 0.6) is 0 Å². The average Bonchev–Trinajstić information content (AvgIpc) is 2.69. The lowest BCUT2D eigenvalue weighted by atomic mass is 9.71. The summed E-state index contributed by atoms with van der Waals surface area (Å²) >= 11 is 0. The molecule has 0 aliphatic carbocycles. The van der Waals surface area contributed by atoms with Crippen LogP contribution < -0.4 is 0 Å². The number of rotatable bonds is 11. The van der Waals surface area contributed by atoms with Crippen molar-refractivity contribution in [2.45, 2.75) is 105 Å². The Kier molecular flexibility index (Phi) is 10.3. The summed E-state index contributed by atoms with van der Waals surface area (Å²) in [6, 6.07) is 0. The summed E-state index contributed by atoms with van der Waals surface area (Å²) in [6.45, 7) is 15.0. The van der Waals surface area contributed by atoms with E-state index < -0.39 is 0 Å². The molecular formula is C25H48N2O. The molecule has 0 N–H and O–H groups in total. The van der Waals surface area contributed by atoms with Crippen molar-refractivity contribution >= 4 is 5.91 Å². The Hall–Kier alpha value is -0.570. The number of likely N-dealkylation sites (tertiary alicyclic amines) is 2. The van der Waals surface area contributed by atoms with Gasteiger partial charge in [0.1, 0.15) is 0 Å². The van der Waals surface area contributed by atoms with Crippen LogP contribution in [-0.2, 0) is 4.79 Å². The normalized spacial score (nSPS) is 20.4. The van der Waals surface area contributed by atoms with E-state index in [9.17, 15) is 4.79 Å². The van der Waals surface area contributed by atoms with Crippen molar-refractivity contribution in [2.24, 2.45) is 17.3 Å². The molecule has 2 fully saturated rings. The van der Waals surface area contributed by atoms with Crippen molar-refractivity contribution in [3.8, 4) is 0 Å². The lowest BCUT2D eigenvalue weighted by Crippen LogP contribution is -2.48. The van der Waals surface area contributed by atoms with E-state index in [-0.39, 0.29) is 0 Å². The predicted octanol–water partition coefficient (Wildman–Crippen LogP) is 6.12. The highest BCUT2D eigenvalue weighted by molar-refractivity contribution is 5.76. The molecule has 3 nitrogen and oxygen atoms in total. The zero-order chi connectivity index (χ0) is 20.4. The number of nitrogens with zero attached hydrogens (tertiary/aromatic N) is 2. The first-order chi connectivity index (χ1) is 13.5. The van der Waals surface area contributed by atoms with Crippen LogP contribution in [0.4, 0.5) is 0 Å². The molecule has 0 atom stereocenters. The number of piperidine rings is 2. The highest BCUT2D eigenvalue weighted by Crippen LogP contribution is 2.41. The summed E-state index contributed by atoms with van der Waals surface area (Å²) in [5, 5.41) is 0. The Morgan fingerprint density at radius 1 is 0.857 bits per heavy atom. The Morgan fingerprint density at radius 2 is 1.39 bits per heavy atom. The highest BCUT2D eigenvalue weighted by Gasteiger charge is 2.38. The first-order valence-electron chi connectivity index (χ1n) is 12.5. The van der Waals surface area contributed by atoms with Crippen LogP contribution in [0.3, 0.4) is 0 Å². The van der Waals surface area contributed by atoms with Gasteiger partial charge in [0.25, 0.3) is 0 Å². The number of hydrogen-bond acceptors (Lipinski definition) is 2. The minimum Gasteiger partial charge on any atom is -0.343 e. The molecule has 164 valence electrons. The molecule has 0 saturated carbocycles. The fourth-order valence-electron chi connectivity index (χ4n) is 5.36. The molecule has 2 aliphatic rings. The van der Waals surface area contributed by atoms with E-state index in [0.717, 1.165) is 37.8 Å². The van der Waals surface area contributed by atoms with E-state index in [0.29, 0.717) is 11.3 Å². The molecule has 2 aliphatic heterocycles. The van der Waals surface area contributed by atoms with Crippen LogP contribution >= 0.6 is 0 Å². The van der Waals surface area contributed by atoms with E-state index >= 15 is 0 Å². The van der Waals surface area contributed by atoms with Crippen LogP contribution in [0.2, 0.25) is 0 Å². The summed E-state index contributed by atoms with van der Waals surface area (Å²) in [5.41, 5.74) is 0.537. The summed E-state index contributed by atoms with van der Waals surface area (Å²) in [4.78, 5) is 17.7. The molecule has 0 aromatic carbocycles. The van der Waals surface area contributed by atoms with Gasteiger partial charge >= 0.3 is 0 Å². The van der Waals surface area contributed by atoms with Crippen LogP contribution in [0, 0.1) is 17.3 Å². The van der Waals surface area contributed by atoms with E-state index in [2.05, 4.69) is 37.5 Å². The van der Waals surface area contributed by atoms with Crippen molar-refractivity contribution < 1.29 is 4.79 Å². The highest BCUT2D eigenvalue weighted by atomic mass is 16.2. The summed E-state index contributed by atoms with van der Waals surface area (Å²) in [5.74, 6) is 1.97. The second kappa shape index (κ2) is 12.2. The van der Waals surface area contributed by atoms with Gasteiger partial charge in [-0.15, -0.1) is 0 Å². The summed E-state index contributed by atoms with van der Waals surface area (Å²) in [7, 11) is 0. The van der Waals surface area contributed by atoms with Gasteiger partial charge in [-0.2, -0.15) is 0 Å². The first kappa shape index (κ1) is 23.7. The molecule has 0 aromatic heterocycles. The zero-order valence-electron chi connectivity index (χ0n) is 19.5. The molecule has 3 heteroatoms. The molecule has 1 spiro atoms. The van der Waals surface area contributed by atoms with Gasteiger partial charge in [0.15, 0.2) is 0 Å². The van der Waals surface area contributed by atoms with Gasteiger partial charge in [0.2, 0.25) is 5.91 Å². The van der Waals surface area contributed by atoms with Crippen molar-refractivity contribution in [3.63, 3.8) is 0 Å². The molecule has 0 bridgehead atoms. The Balaban J connectivity index is 1.71. The summed E-state index contributed by atoms with van der Waals surface area (Å²) in [6.07, 6.45) is 14.9. The fraction of sp³-hybridized carbons (Fsp3) is 0.960. The van der Waals surface area contributed by atoms with E-state index in [4.69, 9.17) is 0 Å². The average molecular weight is 393 g/mol. The number of unbranched alkanes of at least 4 members (excludes halogenated alkanes) is 2. The number of carbonyl (C=O) groups excluding carboxylic acids is 1. The molecule has 2 saturated heterocycles. The standard InChI is InChI=1S/C25H48N2O/c1-5-7-9-23(10-8-6-2)11-12-24(28)27-19-15-25(16-20-27)13-17-26(18-14-25)21-22(3)4/h22-23H,5-21H2,1-4H3. The monoisotopic (exact) mass is 392 g/mol. The number of carbonyl (C=O) groups is 1. The fourth-order valence-corrected chi connectivity index (χ4v) is 5.36. The summed E-state index contributed by atoms with van der Waals surface area (Å²) < 4.78 is 0. The topological polar surface area (TPSA) is 23.6 Å². The first-order valence-corrected chi connectivity index (χ1v) is 12.5. The van der Waals surface area contributed by atoms with Crippen molar-refractivity contribution in [1.82, 2.24) is 9.80 Å². The van der Waals surface area contributed by atoms with E-state index in [1.165, 1.54) is 83.8 Å². The third-order valence-electron chi connectivity index (χ3n) is 7.42. The SMILES string of the molecule is CCCCC(CCCC)CCC(=O)N1CCC2(CCN(CC(C)C)CC2)CC1. The Morgan fingerprint density at radius 3 is 1.89 bits per heavy atom. The number of amides is 1. The third-order valence-corrected chi connectivity index (χ3v) is 7.42. The quantitative estimate of drug-likeness (QED) is 0.422. The maximum atomic E-state index is 12.8. The maximum Gasteiger partial charge on any atom is 0.222 e. The van der Waals surface area contributed by atoms with Gasteiger partial charge in [-0.3, -0.25) is 4.79 Å². The van der Waals surface area contributed by atoms with Gasteiger partial charge < -0.3 is 9.80 Å². The second-order valence-electron chi connectivity index (χ2n) is 10.3. The molecule has 28 heavy (non-hydrogen) atoms. The predicted molar refractivity (Wildman–Crippen MR) is 121 cm³/mol. The smallest absolute Gasteiger partial charge is 0.222 e. The van der Waals surface area contributed by atoms with Crippen LogP contribution in [0.1, 0.15) is 105 Å². The lowest BCUT2D eigenvalue weighted by molar-refractivity contribution is -0.134. The minimum atomic E-state index is 0.435. The van der Waals surface area contributed by atoms with Crippen molar-refractivity contribution in [1.29, 1.82) is 0 Å². The van der Waals surface area contributed by atoms with Gasteiger partial charge in [0, 0.05) is 26.1 Å². The molecule has 1 amide bonds. The Bertz CT molecular complexity index is 422. The maximum absolute atomic E-state index is 12.8. The van der Waals surface area contributed by atoms with Crippen LogP contribution in [0.25, 0.3) is 0 Å². The van der Waals surface area contributed by atoms with Crippen molar-refractivity contribution in [3.05, 3.63) is 0 Å². The molecule has 2 rings (SSSR count). The van der Waals surface area contributed by atoms with Gasteiger partial charge in [-0.05, 0) is 62.4 Å². The van der Waals surface area contributed by atoms with E-state index in [1.807, 2.05) is 0 Å². The number of hydrogen-bond donors (Lipinski definition) is 0. The largest absolute Gasteiger partial charge is 0.343 e. The van der Waals surface area contributed by atoms with Gasteiger partial charge in [0.05, 0.1) is 0 Å². The molecule has 0 aromatic rings. The van der Waals surface area contributed by atoms with Gasteiger partial charge in [-0.25, -0.2) is 0 Å². The zero-order valence-corrected chi connectivity index (χ0v) is 19.5. The van der Waals surface area contributed by atoms with Crippen molar-refractivity contribution in [2.75, 3.05) is 32.7 Å². The molecule has 0 radical (unpaired) electrons. The van der Waals surface area contributed by atoms with Crippen LogP contribution in [-0.4, -0.2) is 48.4 Å². The molecule has 0 unspecified atom stereocenters. The lowest BCUT2D eigenvalue weighted by Gasteiger charge is -2.47. The van der Waals surface area contributed by atoms with Crippen LogP contribution in [0.15, 0.2) is 0 Å².